The van der Waals surface area contributed by atoms with Gasteiger partial charge in [0.2, 0.25) is 11.8 Å². The number of hydrazine groups is 1. The minimum atomic E-state index is -0.616. The molecule has 4 amide bonds. The summed E-state index contributed by atoms with van der Waals surface area (Å²) in [7, 11) is 0. The van der Waals surface area contributed by atoms with Gasteiger partial charge in [0.15, 0.2) is 5.13 Å². The number of urea groups is 1. The van der Waals surface area contributed by atoms with Crippen molar-refractivity contribution in [1.82, 2.24) is 30.1 Å². The number of amides is 4. The maximum atomic E-state index is 13.2. The molecular formula is C24H23FN8O3S. The molecule has 3 aromatic rings. The van der Waals surface area contributed by atoms with Crippen LogP contribution in [-0.4, -0.2) is 75.0 Å². The van der Waals surface area contributed by atoms with Crippen LogP contribution in [0.15, 0.2) is 42.5 Å². The molecule has 13 heteroatoms. The van der Waals surface area contributed by atoms with E-state index in [-0.39, 0.29) is 56.9 Å². The number of para-hydroxylation sites is 1. The van der Waals surface area contributed by atoms with Crippen molar-refractivity contribution in [3.63, 3.8) is 0 Å². The van der Waals surface area contributed by atoms with Gasteiger partial charge in [0, 0.05) is 13.1 Å². The van der Waals surface area contributed by atoms with E-state index in [4.69, 9.17) is 5.73 Å². The van der Waals surface area contributed by atoms with Crippen LogP contribution in [-0.2, 0) is 22.7 Å². The van der Waals surface area contributed by atoms with Crippen molar-refractivity contribution in [3.05, 3.63) is 59.4 Å². The van der Waals surface area contributed by atoms with Gasteiger partial charge in [-0.1, -0.05) is 35.6 Å². The lowest BCUT2D eigenvalue weighted by molar-refractivity contribution is -0.149. The largest absolute Gasteiger partial charge is 0.375 e. The molecule has 0 spiro atoms. The van der Waals surface area contributed by atoms with Crippen molar-refractivity contribution in [2.75, 3.05) is 31.9 Å². The molecule has 0 radical (unpaired) electrons. The number of piperazine rings is 1. The van der Waals surface area contributed by atoms with Crippen molar-refractivity contribution >= 4 is 44.5 Å². The number of nitrogens with two attached hydrogens (primary N) is 1. The van der Waals surface area contributed by atoms with E-state index in [1.54, 1.807) is 17.0 Å². The Kier molecular flexibility index (Phi) is 6.60. The van der Waals surface area contributed by atoms with E-state index in [2.05, 4.69) is 10.3 Å². The Balaban J connectivity index is 1.33. The van der Waals surface area contributed by atoms with Gasteiger partial charge in [-0.25, -0.2) is 19.2 Å². The van der Waals surface area contributed by atoms with Crippen molar-refractivity contribution in [2.45, 2.75) is 19.3 Å². The van der Waals surface area contributed by atoms with Crippen LogP contribution < -0.4 is 11.1 Å². The molecule has 3 N–H and O–H groups in total. The number of anilines is 1. The molecule has 2 fully saturated rings. The topological polar surface area (TPSA) is 139 Å². The molecule has 3 heterocycles. The van der Waals surface area contributed by atoms with Gasteiger partial charge in [-0.3, -0.25) is 9.59 Å². The third kappa shape index (κ3) is 4.89. The van der Waals surface area contributed by atoms with Crippen molar-refractivity contribution in [2.24, 2.45) is 0 Å². The number of benzene rings is 2. The monoisotopic (exact) mass is 522 g/mol. The highest BCUT2D eigenvalue weighted by atomic mass is 32.1. The Morgan fingerprint density at radius 2 is 2.00 bits per heavy atom. The Bertz CT molecular complexity index is 1410. The first kappa shape index (κ1) is 24.4. The normalized spacial score (nSPS) is 17.7. The van der Waals surface area contributed by atoms with E-state index in [9.17, 15) is 24.0 Å². The standard InChI is InChI=1S/C24H23FN8O3S/c25-17-6-4-15(5-7-17)10-28-24(36)32(9-8-26)33-14-21(35)31-13-20(34)30(12-19(31)33)11-16-2-1-3-18-22(16)29-23(27)37-18/h1-7,19H,9-14H2,(H2,27,29)(H,28,36)/t19-/m0/s1. The molecule has 190 valence electrons. The van der Waals surface area contributed by atoms with E-state index in [0.29, 0.717) is 10.7 Å². The lowest BCUT2D eigenvalue weighted by atomic mass is 10.1. The summed E-state index contributed by atoms with van der Waals surface area (Å²) >= 11 is 1.36. The SMILES string of the molecule is N#CCN(C(=O)NCc1ccc(F)cc1)N1CC(=O)N2CC(=O)N(Cc3cccc4sc(N)nc34)C[C@@H]21. The number of nitrogen functional groups attached to an aromatic ring is 1. The van der Waals surface area contributed by atoms with Gasteiger partial charge >= 0.3 is 6.03 Å². The highest BCUT2D eigenvalue weighted by Crippen LogP contribution is 2.29. The summed E-state index contributed by atoms with van der Waals surface area (Å²) in [5.41, 5.74) is 8.10. The molecule has 5 rings (SSSR count). The van der Waals surface area contributed by atoms with Gasteiger partial charge in [0.05, 0.1) is 29.4 Å². The minimum absolute atomic E-state index is 0.114. The molecule has 37 heavy (non-hydrogen) atoms. The predicted molar refractivity (Wildman–Crippen MR) is 133 cm³/mol. The molecular weight excluding hydrogens is 499 g/mol. The smallest absolute Gasteiger partial charge is 0.333 e. The fourth-order valence-corrected chi connectivity index (χ4v) is 5.35. The number of carbonyl (C=O) groups excluding carboxylic acids is 3. The first-order valence-corrected chi connectivity index (χ1v) is 12.3. The molecule has 2 saturated heterocycles. The van der Waals surface area contributed by atoms with Crippen LogP contribution in [0, 0.1) is 17.1 Å². The Hall–Kier alpha value is -4.28. The van der Waals surface area contributed by atoms with E-state index >= 15 is 0 Å². The second-order valence-corrected chi connectivity index (χ2v) is 9.75. The number of nitrogens with zero attached hydrogens (tertiary/aromatic N) is 6. The van der Waals surface area contributed by atoms with Crippen LogP contribution in [0.3, 0.4) is 0 Å². The van der Waals surface area contributed by atoms with Gasteiger partial charge in [-0.2, -0.15) is 10.3 Å². The molecule has 2 aromatic carbocycles. The summed E-state index contributed by atoms with van der Waals surface area (Å²) in [6.07, 6.45) is -0.616. The molecule has 0 aliphatic carbocycles. The fraction of sp³-hybridized carbons (Fsp3) is 0.292. The highest BCUT2D eigenvalue weighted by molar-refractivity contribution is 7.22. The minimum Gasteiger partial charge on any atom is -0.375 e. The first-order chi connectivity index (χ1) is 17.8. The van der Waals surface area contributed by atoms with E-state index < -0.39 is 12.2 Å². The van der Waals surface area contributed by atoms with E-state index in [1.165, 1.54) is 38.4 Å². The zero-order chi connectivity index (χ0) is 26.1. The Morgan fingerprint density at radius 3 is 2.76 bits per heavy atom. The first-order valence-electron chi connectivity index (χ1n) is 11.5. The molecule has 1 aromatic heterocycles. The number of hydrogen-bond acceptors (Lipinski definition) is 8. The number of aromatic nitrogens is 1. The fourth-order valence-electron chi connectivity index (χ4n) is 4.57. The van der Waals surface area contributed by atoms with E-state index in [0.717, 1.165) is 15.8 Å². The number of fused-ring (bicyclic) bond motifs is 2. The average molecular weight is 523 g/mol. The number of nitrogens with one attached hydrogen (secondary N) is 1. The average Bonchev–Trinajstić information content (AvgIpc) is 3.41. The third-order valence-electron chi connectivity index (χ3n) is 6.37. The number of hydrogen-bond donors (Lipinski definition) is 2. The lowest BCUT2D eigenvalue weighted by Gasteiger charge is -2.42. The summed E-state index contributed by atoms with van der Waals surface area (Å²) in [6, 6.07) is 12.7. The number of nitriles is 1. The summed E-state index contributed by atoms with van der Waals surface area (Å²) in [6.45, 7) is -0.0439. The lowest BCUT2D eigenvalue weighted by Crippen LogP contribution is -2.62. The number of halogens is 1. The van der Waals surface area contributed by atoms with Crippen LogP contribution in [0.4, 0.5) is 14.3 Å². The second-order valence-electron chi connectivity index (χ2n) is 8.69. The van der Waals surface area contributed by atoms with Crippen molar-refractivity contribution < 1.29 is 18.8 Å². The molecule has 0 unspecified atom stereocenters. The maximum Gasteiger partial charge on any atom is 0.333 e. The quantitative estimate of drug-likeness (QED) is 0.468. The van der Waals surface area contributed by atoms with E-state index in [1.807, 2.05) is 24.3 Å². The molecule has 11 nitrogen and oxygen atoms in total. The number of thiazole rings is 1. The summed E-state index contributed by atoms with van der Waals surface area (Å²) < 4.78 is 14.1. The van der Waals surface area contributed by atoms with Gasteiger partial charge in [0.1, 0.15) is 25.1 Å². The number of carbonyl (C=O) groups is 3. The van der Waals surface area contributed by atoms with Crippen molar-refractivity contribution in [3.8, 4) is 6.07 Å². The van der Waals surface area contributed by atoms with Gasteiger partial charge in [0.25, 0.3) is 0 Å². The third-order valence-corrected chi connectivity index (χ3v) is 7.22. The Morgan fingerprint density at radius 1 is 1.22 bits per heavy atom. The summed E-state index contributed by atoms with van der Waals surface area (Å²) in [5, 5.41) is 15.2. The van der Waals surface area contributed by atoms with Gasteiger partial charge in [-0.05, 0) is 29.3 Å². The zero-order valence-electron chi connectivity index (χ0n) is 19.6. The maximum absolute atomic E-state index is 13.2. The van der Waals surface area contributed by atoms with Crippen LogP contribution in [0.5, 0.6) is 0 Å². The summed E-state index contributed by atoms with van der Waals surface area (Å²) in [5.74, 6) is -0.913. The predicted octanol–water partition coefficient (Wildman–Crippen LogP) is 1.48. The summed E-state index contributed by atoms with van der Waals surface area (Å²) in [4.78, 5) is 46.2. The molecule has 2 aliphatic heterocycles. The van der Waals surface area contributed by atoms with Crippen LogP contribution in [0.1, 0.15) is 11.1 Å². The number of rotatable bonds is 6. The molecule has 0 bridgehead atoms. The van der Waals surface area contributed by atoms with Gasteiger partial charge in [-0.15, -0.1) is 0 Å². The van der Waals surface area contributed by atoms with Crippen molar-refractivity contribution in [1.29, 1.82) is 5.26 Å². The molecule has 2 aliphatic rings. The van der Waals surface area contributed by atoms with Crippen LogP contribution in [0.2, 0.25) is 0 Å². The van der Waals surface area contributed by atoms with Crippen LogP contribution in [0.25, 0.3) is 10.2 Å². The van der Waals surface area contributed by atoms with Crippen LogP contribution >= 0.6 is 11.3 Å². The zero-order valence-corrected chi connectivity index (χ0v) is 20.4. The molecule has 0 saturated carbocycles. The molecule has 1 atom stereocenters. The Labute approximate surface area is 215 Å². The highest BCUT2D eigenvalue weighted by Gasteiger charge is 2.47. The second kappa shape index (κ2) is 10.00. The van der Waals surface area contributed by atoms with Gasteiger partial charge < -0.3 is 20.9 Å².